The summed E-state index contributed by atoms with van der Waals surface area (Å²) in [6.45, 7) is 6.12. The molecule has 2 atom stereocenters. The molecule has 2 aliphatic rings. The number of hydrogen-bond acceptors (Lipinski definition) is 2. The molecule has 2 aliphatic carbocycles. The van der Waals surface area contributed by atoms with Gasteiger partial charge in [-0.15, -0.1) is 0 Å². The van der Waals surface area contributed by atoms with Gasteiger partial charge in [0.25, 0.3) is 0 Å². The van der Waals surface area contributed by atoms with Crippen LogP contribution in [0.1, 0.15) is 49.4 Å². The minimum Gasteiger partial charge on any atom is -0.495 e. The first-order valence-electron chi connectivity index (χ1n) is 6.33. The van der Waals surface area contributed by atoms with Gasteiger partial charge in [-0.2, -0.15) is 0 Å². The third-order valence-electron chi connectivity index (χ3n) is 3.86. The van der Waals surface area contributed by atoms with Crippen LogP contribution in [0.2, 0.25) is 0 Å². The summed E-state index contributed by atoms with van der Waals surface area (Å²) >= 11 is 0. The quantitative estimate of drug-likeness (QED) is 0.721. The summed E-state index contributed by atoms with van der Waals surface area (Å²) in [6, 6.07) is 0. The fourth-order valence-electron chi connectivity index (χ4n) is 2.99. The fraction of sp³-hybridized carbons (Fsp3) is 0.643. The minimum atomic E-state index is 0.799. The van der Waals surface area contributed by atoms with Gasteiger partial charge in [-0.05, 0) is 43.6 Å². The number of methoxy groups -OCH3 is 1. The smallest absolute Gasteiger partial charge is 0.140 e. The van der Waals surface area contributed by atoms with Gasteiger partial charge in [0, 0.05) is 11.3 Å². The molecule has 1 heterocycles. The van der Waals surface area contributed by atoms with Gasteiger partial charge in [-0.3, -0.25) is 4.98 Å². The lowest BCUT2D eigenvalue weighted by Crippen LogP contribution is -2.19. The second-order valence-corrected chi connectivity index (χ2v) is 4.45. The van der Waals surface area contributed by atoms with Crippen LogP contribution in [0.15, 0.2) is 6.20 Å². The number of pyridine rings is 1. The molecule has 2 unspecified atom stereocenters. The lowest BCUT2D eigenvalue weighted by Gasteiger charge is -2.30. The second kappa shape index (κ2) is 4.44. The van der Waals surface area contributed by atoms with Crippen LogP contribution >= 0.6 is 0 Å². The number of aromatic nitrogens is 1. The lowest BCUT2D eigenvalue weighted by molar-refractivity contribution is 0.279. The average Bonchev–Trinajstić information content (AvgIpc) is 2.56. The standard InChI is InChI=1S/C12H15NO.C2H6/c1-7-12-9-4-3-8(9)5-10(12)11(14-2)6-13-7;1-2/h6,8-9H,3-5H2,1-2H3;1-2H3. The van der Waals surface area contributed by atoms with Crippen LogP contribution in [0, 0.1) is 12.8 Å². The Balaban J connectivity index is 0.000000457. The van der Waals surface area contributed by atoms with Gasteiger partial charge in [-0.1, -0.05) is 13.8 Å². The number of rotatable bonds is 1. The zero-order valence-corrected chi connectivity index (χ0v) is 10.7. The van der Waals surface area contributed by atoms with E-state index in [1.165, 1.54) is 36.1 Å². The first-order chi connectivity index (χ1) is 7.81. The molecule has 1 fully saturated rings. The number of ether oxygens (including phenoxy) is 1. The Hall–Kier alpha value is -1.05. The van der Waals surface area contributed by atoms with Crippen molar-refractivity contribution in [3.05, 3.63) is 23.0 Å². The zero-order chi connectivity index (χ0) is 11.7. The summed E-state index contributed by atoms with van der Waals surface area (Å²) < 4.78 is 5.37. The van der Waals surface area contributed by atoms with Gasteiger partial charge in [0.15, 0.2) is 0 Å². The zero-order valence-electron chi connectivity index (χ0n) is 10.7. The molecule has 3 rings (SSSR count). The maximum atomic E-state index is 5.37. The van der Waals surface area contributed by atoms with Crippen molar-refractivity contribution >= 4 is 0 Å². The Kier molecular flexibility index (Phi) is 3.17. The van der Waals surface area contributed by atoms with E-state index in [2.05, 4.69) is 11.9 Å². The average molecular weight is 219 g/mol. The summed E-state index contributed by atoms with van der Waals surface area (Å²) in [5.41, 5.74) is 4.15. The molecule has 88 valence electrons. The van der Waals surface area contributed by atoms with Crippen molar-refractivity contribution in [3.8, 4) is 5.75 Å². The van der Waals surface area contributed by atoms with Crippen molar-refractivity contribution in [2.75, 3.05) is 7.11 Å². The monoisotopic (exact) mass is 219 g/mol. The number of fused-ring (bicyclic) bond motifs is 3. The van der Waals surface area contributed by atoms with Crippen molar-refractivity contribution in [2.24, 2.45) is 5.92 Å². The minimum absolute atomic E-state index is 0.799. The van der Waals surface area contributed by atoms with Crippen molar-refractivity contribution in [1.82, 2.24) is 4.98 Å². The Morgan fingerprint density at radius 2 is 2.06 bits per heavy atom. The Bertz CT molecular complexity index is 387. The third kappa shape index (κ3) is 1.51. The molecular formula is C14H21NO. The molecule has 1 saturated carbocycles. The number of aryl methyl sites for hydroxylation is 1. The Labute approximate surface area is 98.0 Å². The predicted octanol–water partition coefficient (Wildman–Crippen LogP) is 3.47. The summed E-state index contributed by atoms with van der Waals surface area (Å²) in [5, 5.41) is 0. The highest BCUT2D eigenvalue weighted by Gasteiger charge is 2.41. The van der Waals surface area contributed by atoms with Crippen molar-refractivity contribution in [3.63, 3.8) is 0 Å². The molecule has 16 heavy (non-hydrogen) atoms. The van der Waals surface area contributed by atoms with Crippen LogP contribution in [-0.4, -0.2) is 12.1 Å². The normalized spacial score (nSPS) is 24.8. The van der Waals surface area contributed by atoms with E-state index in [1.807, 2.05) is 20.0 Å². The van der Waals surface area contributed by atoms with E-state index >= 15 is 0 Å². The van der Waals surface area contributed by atoms with Crippen molar-refractivity contribution in [1.29, 1.82) is 0 Å². The first-order valence-corrected chi connectivity index (χ1v) is 6.33. The maximum absolute atomic E-state index is 5.37. The molecule has 0 N–H and O–H groups in total. The van der Waals surface area contributed by atoms with E-state index in [0.29, 0.717) is 0 Å². The summed E-state index contributed by atoms with van der Waals surface area (Å²) in [7, 11) is 1.74. The van der Waals surface area contributed by atoms with E-state index in [9.17, 15) is 0 Å². The molecular weight excluding hydrogens is 198 g/mol. The topological polar surface area (TPSA) is 22.1 Å². The van der Waals surface area contributed by atoms with Gasteiger partial charge >= 0.3 is 0 Å². The van der Waals surface area contributed by atoms with E-state index in [-0.39, 0.29) is 0 Å². The summed E-state index contributed by atoms with van der Waals surface area (Å²) in [6.07, 6.45) is 5.83. The SMILES string of the molecule is CC.COc1cnc(C)c2c1CC1CCC21. The molecule has 1 aromatic rings. The van der Waals surface area contributed by atoms with Crippen molar-refractivity contribution < 1.29 is 4.74 Å². The van der Waals surface area contributed by atoms with E-state index in [4.69, 9.17) is 4.74 Å². The summed E-state index contributed by atoms with van der Waals surface area (Å²) in [5.74, 6) is 2.69. The molecule has 0 aliphatic heterocycles. The highest BCUT2D eigenvalue weighted by Crippen LogP contribution is 2.53. The summed E-state index contributed by atoms with van der Waals surface area (Å²) in [4.78, 5) is 4.42. The lowest BCUT2D eigenvalue weighted by atomic mass is 9.74. The van der Waals surface area contributed by atoms with Crippen LogP contribution in [0.4, 0.5) is 0 Å². The molecule has 0 aromatic carbocycles. The number of hydrogen-bond donors (Lipinski definition) is 0. The van der Waals surface area contributed by atoms with Crippen LogP contribution in [0.25, 0.3) is 0 Å². The van der Waals surface area contributed by atoms with E-state index in [1.54, 1.807) is 7.11 Å². The van der Waals surface area contributed by atoms with E-state index < -0.39 is 0 Å². The van der Waals surface area contributed by atoms with Gasteiger partial charge < -0.3 is 4.74 Å². The molecule has 0 saturated heterocycles. The Morgan fingerprint density at radius 1 is 1.31 bits per heavy atom. The maximum Gasteiger partial charge on any atom is 0.140 e. The third-order valence-corrected chi connectivity index (χ3v) is 3.86. The highest BCUT2D eigenvalue weighted by atomic mass is 16.5. The first kappa shape index (κ1) is 11.4. The van der Waals surface area contributed by atoms with Gasteiger partial charge in [-0.25, -0.2) is 0 Å². The molecule has 2 heteroatoms. The van der Waals surface area contributed by atoms with Crippen LogP contribution in [0.5, 0.6) is 5.75 Å². The predicted molar refractivity (Wildman–Crippen MR) is 66.0 cm³/mol. The fourth-order valence-corrected chi connectivity index (χ4v) is 2.99. The van der Waals surface area contributed by atoms with Crippen LogP contribution in [-0.2, 0) is 6.42 Å². The van der Waals surface area contributed by atoms with Crippen molar-refractivity contribution in [2.45, 2.75) is 46.0 Å². The Morgan fingerprint density at radius 3 is 2.62 bits per heavy atom. The van der Waals surface area contributed by atoms with Gasteiger partial charge in [0.05, 0.1) is 13.3 Å². The van der Waals surface area contributed by atoms with Gasteiger partial charge in [0.1, 0.15) is 5.75 Å². The molecule has 2 nitrogen and oxygen atoms in total. The molecule has 0 amide bonds. The van der Waals surface area contributed by atoms with E-state index in [0.717, 1.165) is 17.6 Å². The number of nitrogens with zero attached hydrogens (tertiary/aromatic N) is 1. The largest absolute Gasteiger partial charge is 0.495 e. The van der Waals surface area contributed by atoms with Crippen LogP contribution in [0.3, 0.4) is 0 Å². The molecule has 0 radical (unpaired) electrons. The molecule has 0 spiro atoms. The highest BCUT2D eigenvalue weighted by molar-refractivity contribution is 5.48. The molecule has 1 aromatic heterocycles. The van der Waals surface area contributed by atoms with Crippen LogP contribution < -0.4 is 4.74 Å². The van der Waals surface area contributed by atoms with Gasteiger partial charge in [0.2, 0.25) is 0 Å². The molecule has 0 bridgehead atoms. The second-order valence-electron chi connectivity index (χ2n) is 4.45.